The maximum absolute atomic E-state index is 12.3. The summed E-state index contributed by atoms with van der Waals surface area (Å²) in [6.45, 7) is 6.62. The lowest BCUT2D eigenvalue weighted by Crippen LogP contribution is -2.54. The van der Waals surface area contributed by atoms with Crippen LogP contribution in [-0.2, 0) is 19.0 Å². The first kappa shape index (κ1) is 18.7. The van der Waals surface area contributed by atoms with Crippen molar-refractivity contribution in [3.8, 4) is 11.5 Å². The van der Waals surface area contributed by atoms with E-state index in [-0.39, 0.29) is 24.1 Å². The van der Waals surface area contributed by atoms with Crippen molar-refractivity contribution in [1.29, 1.82) is 0 Å². The molecule has 6 heteroatoms. The van der Waals surface area contributed by atoms with Gasteiger partial charge in [-0.2, -0.15) is 0 Å². The molecule has 0 aromatic carbocycles. The fraction of sp³-hybridized carbons (Fsp3) is 0.750. The smallest absolute Gasteiger partial charge is 0.308 e. The van der Waals surface area contributed by atoms with Gasteiger partial charge in [0, 0.05) is 24.1 Å². The summed E-state index contributed by atoms with van der Waals surface area (Å²) in [5.74, 6) is 2.66. The van der Waals surface area contributed by atoms with Crippen LogP contribution in [0.25, 0.3) is 0 Å². The van der Waals surface area contributed by atoms with Gasteiger partial charge in [-0.05, 0) is 12.8 Å². The fourth-order valence-electron chi connectivity index (χ4n) is 4.63. The van der Waals surface area contributed by atoms with Gasteiger partial charge in [0.25, 0.3) is 0 Å². The van der Waals surface area contributed by atoms with Crippen LogP contribution in [-0.4, -0.2) is 43.0 Å². The Labute approximate surface area is 165 Å². The maximum Gasteiger partial charge on any atom is 0.308 e. The Bertz CT molecular complexity index is 695. The van der Waals surface area contributed by atoms with Crippen molar-refractivity contribution in [3.05, 3.63) is 11.6 Å². The molecule has 26 heavy (non-hydrogen) atoms. The standard InChI is InChI=1S/C20H27BrO4Si/c1-26(2,3)10-9-20-15(12-17(22)24-20)14(13-21)11-16-18(20)25-19(23-16)7-5-4-6-8-19/h11,15-16,18H,4-8,12-13H2,1-3H3/t15-,16+,18+,20-/m1/s1. The first-order valence-corrected chi connectivity index (χ1v) is 14.3. The second kappa shape index (κ2) is 6.48. The molecule has 4 aliphatic rings. The highest BCUT2D eigenvalue weighted by Gasteiger charge is 2.65. The first-order valence-electron chi connectivity index (χ1n) is 9.65. The number of hydrogen-bond acceptors (Lipinski definition) is 4. The molecule has 2 aliphatic carbocycles. The summed E-state index contributed by atoms with van der Waals surface area (Å²) in [7, 11) is -1.63. The summed E-state index contributed by atoms with van der Waals surface area (Å²) in [5.41, 5.74) is 3.71. The van der Waals surface area contributed by atoms with Crippen molar-refractivity contribution in [3.63, 3.8) is 0 Å². The lowest BCUT2D eigenvalue weighted by atomic mass is 9.73. The van der Waals surface area contributed by atoms with E-state index in [2.05, 4.69) is 53.1 Å². The highest BCUT2D eigenvalue weighted by Crippen LogP contribution is 2.53. The molecule has 4 rings (SSSR count). The Morgan fingerprint density at radius 3 is 2.62 bits per heavy atom. The maximum atomic E-state index is 12.3. The largest absolute Gasteiger partial charge is 0.442 e. The quantitative estimate of drug-likeness (QED) is 0.204. The van der Waals surface area contributed by atoms with Gasteiger partial charge < -0.3 is 14.2 Å². The van der Waals surface area contributed by atoms with Gasteiger partial charge in [-0.25, -0.2) is 0 Å². The lowest BCUT2D eigenvalue weighted by Gasteiger charge is -2.40. The SMILES string of the molecule is C[Si](C)(C)C#C[C@@]12OC(=O)C[C@@H]1C(CBr)=C[C@@H]1OC3(CCCCC3)O[C@@H]12. The summed E-state index contributed by atoms with van der Waals surface area (Å²) in [6.07, 6.45) is 7.28. The molecule has 0 aromatic heterocycles. The van der Waals surface area contributed by atoms with E-state index in [1.165, 1.54) is 6.42 Å². The topological polar surface area (TPSA) is 44.8 Å². The van der Waals surface area contributed by atoms with E-state index in [9.17, 15) is 4.79 Å². The third-order valence-corrected chi connectivity index (χ3v) is 7.34. The van der Waals surface area contributed by atoms with E-state index in [1.54, 1.807) is 0 Å². The zero-order valence-corrected chi connectivity index (χ0v) is 18.4. The molecule has 2 heterocycles. The Hall–Kier alpha value is -0.613. The van der Waals surface area contributed by atoms with Crippen molar-refractivity contribution in [1.82, 2.24) is 0 Å². The van der Waals surface area contributed by atoms with E-state index in [0.29, 0.717) is 11.8 Å². The van der Waals surface area contributed by atoms with Gasteiger partial charge >= 0.3 is 5.97 Å². The lowest BCUT2D eigenvalue weighted by molar-refractivity contribution is -0.206. The van der Waals surface area contributed by atoms with Crippen LogP contribution < -0.4 is 0 Å². The zero-order valence-electron chi connectivity index (χ0n) is 15.8. The van der Waals surface area contributed by atoms with Crippen LogP contribution in [0.3, 0.4) is 0 Å². The monoisotopic (exact) mass is 438 g/mol. The van der Waals surface area contributed by atoms with E-state index in [0.717, 1.165) is 31.3 Å². The van der Waals surface area contributed by atoms with Crippen molar-refractivity contribution in [2.24, 2.45) is 5.92 Å². The molecular weight excluding hydrogens is 412 g/mol. The minimum absolute atomic E-state index is 0.0539. The van der Waals surface area contributed by atoms with E-state index >= 15 is 0 Å². The van der Waals surface area contributed by atoms with Crippen molar-refractivity contribution in [2.45, 2.75) is 81.8 Å². The highest BCUT2D eigenvalue weighted by atomic mass is 79.9. The van der Waals surface area contributed by atoms with Crippen molar-refractivity contribution in [2.75, 3.05) is 5.33 Å². The van der Waals surface area contributed by atoms with Crippen LogP contribution in [0.15, 0.2) is 11.6 Å². The Balaban J connectivity index is 1.78. The Morgan fingerprint density at radius 1 is 1.23 bits per heavy atom. The van der Waals surface area contributed by atoms with Gasteiger partial charge in [-0.3, -0.25) is 4.79 Å². The average Bonchev–Trinajstić information content (AvgIpc) is 3.10. The van der Waals surface area contributed by atoms with Gasteiger partial charge in [0.15, 0.2) is 5.79 Å². The number of halogens is 1. The Morgan fingerprint density at radius 2 is 1.96 bits per heavy atom. The molecule has 1 spiro atoms. The van der Waals surface area contributed by atoms with Gasteiger partial charge in [-0.15, -0.1) is 5.54 Å². The molecule has 0 radical (unpaired) electrons. The number of ether oxygens (including phenoxy) is 3. The molecule has 3 fully saturated rings. The molecule has 0 aromatic rings. The third kappa shape index (κ3) is 3.11. The fourth-order valence-corrected chi connectivity index (χ4v) is 5.78. The molecule has 4 atom stereocenters. The zero-order chi connectivity index (χ0) is 18.6. The summed E-state index contributed by atoms with van der Waals surface area (Å²) in [6, 6.07) is 0. The van der Waals surface area contributed by atoms with Crippen LogP contribution in [0.2, 0.25) is 19.6 Å². The first-order chi connectivity index (χ1) is 12.3. The molecule has 0 bridgehead atoms. The molecule has 1 saturated carbocycles. The van der Waals surface area contributed by atoms with E-state index in [1.807, 2.05) is 0 Å². The Kier molecular flexibility index (Phi) is 4.67. The van der Waals surface area contributed by atoms with Crippen molar-refractivity contribution >= 4 is 30.0 Å². The normalized spacial score (nSPS) is 38.1. The molecule has 0 amide bonds. The number of carbonyl (C=O) groups is 1. The molecule has 2 saturated heterocycles. The van der Waals surface area contributed by atoms with E-state index in [4.69, 9.17) is 14.2 Å². The molecule has 0 N–H and O–H groups in total. The minimum atomic E-state index is -1.63. The summed E-state index contributed by atoms with van der Waals surface area (Å²) < 4.78 is 19.0. The van der Waals surface area contributed by atoms with Gasteiger partial charge in [0.2, 0.25) is 5.60 Å². The number of carbonyl (C=O) groups excluding carboxylic acids is 1. The van der Waals surface area contributed by atoms with E-state index < -0.39 is 19.5 Å². The highest BCUT2D eigenvalue weighted by molar-refractivity contribution is 9.09. The second-order valence-electron chi connectivity index (χ2n) is 8.99. The summed E-state index contributed by atoms with van der Waals surface area (Å²) in [5, 5.41) is 0.699. The van der Waals surface area contributed by atoms with Crippen LogP contribution in [0.5, 0.6) is 0 Å². The average molecular weight is 439 g/mol. The number of hydrogen-bond donors (Lipinski definition) is 0. The van der Waals surface area contributed by atoms with Gasteiger partial charge in [0.1, 0.15) is 20.3 Å². The summed E-state index contributed by atoms with van der Waals surface area (Å²) >= 11 is 3.60. The summed E-state index contributed by atoms with van der Waals surface area (Å²) in [4.78, 5) is 12.3. The van der Waals surface area contributed by atoms with Crippen LogP contribution in [0.1, 0.15) is 38.5 Å². The molecule has 2 aliphatic heterocycles. The molecule has 0 unspecified atom stereocenters. The van der Waals surface area contributed by atoms with Gasteiger partial charge in [0.05, 0.1) is 6.42 Å². The second-order valence-corrected chi connectivity index (χ2v) is 14.3. The third-order valence-electron chi connectivity index (χ3n) is 5.81. The predicted octanol–water partition coefficient (Wildman–Crippen LogP) is 3.95. The number of esters is 1. The molecule has 142 valence electrons. The van der Waals surface area contributed by atoms with Gasteiger partial charge in [-0.1, -0.05) is 59.6 Å². The van der Waals surface area contributed by atoms with Crippen LogP contribution in [0, 0.1) is 17.4 Å². The number of rotatable bonds is 1. The molecular formula is C20H27BrO4Si. The molecule has 4 nitrogen and oxygen atoms in total. The number of fused-ring (bicyclic) bond motifs is 3. The minimum Gasteiger partial charge on any atom is -0.442 e. The predicted molar refractivity (Wildman–Crippen MR) is 105 cm³/mol. The van der Waals surface area contributed by atoms with Crippen LogP contribution >= 0.6 is 15.9 Å². The number of alkyl halides is 1. The van der Waals surface area contributed by atoms with Crippen molar-refractivity contribution < 1.29 is 19.0 Å². The van der Waals surface area contributed by atoms with Crippen LogP contribution in [0.4, 0.5) is 0 Å².